The third-order valence-corrected chi connectivity index (χ3v) is 6.61. The fourth-order valence-corrected chi connectivity index (χ4v) is 5.00. The Morgan fingerprint density at radius 2 is 2.00 bits per heavy atom. The fraction of sp³-hybridized carbons (Fsp3) is 0.625. The first kappa shape index (κ1) is 20.5. The number of halogens is 3. The van der Waals surface area contributed by atoms with Gasteiger partial charge >= 0.3 is 0 Å². The zero-order chi connectivity index (χ0) is 17.2. The quantitative estimate of drug-likeness (QED) is 0.816. The standard InChI is InChI=1S/C16H22F2N2O3S.ClH/c17-14-4-3-11(8-15(14)18)13-5-6-19-9-16(13)20-24(21,22)12-2-1-7-23-10-12;/h3-4,8,12-13,16,19-20H,1-2,5-7,9-10H2;1H. The molecule has 2 heterocycles. The molecule has 25 heavy (non-hydrogen) atoms. The van der Waals surface area contributed by atoms with E-state index in [1.807, 2.05) is 0 Å². The van der Waals surface area contributed by atoms with Gasteiger partial charge < -0.3 is 10.1 Å². The lowest BCUT2D eigenvalue weighted by Crippen LogP contribution is -2.53. The number of rotatable bonds is 4. The molecule has 2 fully saturated rings. The van der Waals surface area contributed by atoms with Gasteiger partial charge in [0.1, 0.15) is 0 Å². The minimum atomic E-state index is -3.52. The largest absolute Gasteiger partial charge is 0.380 e. The Hall–Kier alpha value is -0.800. The number of nitrogens with one attached hydrogen (secondary N) is 2. The predicted octanol–water partition coefficient (Wildman–Crippen LogP) is 1.93. The summed E-state index contributed by atoms with van der Waals surface area (Å²) in [7, 11) is -3.52. The third-order valence-electron chi connectivity index (χ3n) is 4.73. The van der Waals surface area contributed by atoms with E-state index in [1.54, 1.807) is 0 Å². The molecule has 3 rings (SSSR count). The van der Waals surface area contributed by atoms with Crippen LogP contribution >= 0.6 is 12.4 Å². The van der Waals surface area contributed by atoms with Gasteiger partial charge in [-0.25, -0.2) is 21.9 Å². The highest BCUT2D eigenvalue weighted by Gasteiger charge is 2.34. The predicted molar refractivity (Wildman–Crippen MR) is 93.5 cm³/mol. The number of benzene rings is 1. The maximum atomic E-state index is 13.5. The molecule has 2 aliphatic heterocycles. The van der Waals surface area contributed by atoms with Crippen LogP contribution in [-0.4, -0.2) is 46.0 Å². The molecule has 1 aromatic carbocycles. The molecular weight excluding hydrogens is 374 g/mol. The third kappa shape index (κ3) is 4.89. The van der Waals surface area contributed by atoms with Crippen LogP contribution in [0.1, 0.15) is 30.7 Å². The molecule has 3 unspecified atom stereocenters. The molecule has 0 aliphatic carbocycles. The summed E-state index contributed by atoms with van der Waals surface area (Å²) < 4.78 is 59.9. The van der Waals surface area contributed by atoms with Gasteiger partial charge in [-0.3, -0.25) is 0 Å². The summed E-state index contributed by atoms with van der Waals surface area (Å²) in [6.07, 6.45) is 1.95. The molecule has 3 atom stereocenters. The lowest BCUT2D eigenvalue weighted by molar-refractivity contribution is 0.0986. The Morgan fingerprint density at radius 3 is 2.68 bits per heavy atom. The number of sulfonamides is 1. The summed E-state index contributed by atoms with van der Waals surface area (Å²) in [5, 5.41) is 2.60. The van der Waals surface area contributed by atoms with Crippen molar-refractivity contribution in [1.82, 2.24) is 10.0 Å². The maximum Gasteiger partial charge on any atom is 0.217 e. The van der Waals surface area contributed by atoms with Gasteiger partial charge in [0.25, 0.3) is 0 Å². The average molecular weight is 397 g/mol. The fourth-order valence-electron chi connectivity index (χ4n) is 3.39. The van der Waals surface area contributed by atoms with E-state index < -0.39 is 32.9 Å². The van der Waals surface area contributed by atoms with Crippen molar-refractivity contribution >= 4 is 22.4 Å². The Balaban J connectivity index is 0.00000225. The first-order valence-electron chi connectivity index (χ1n) is 8.22. The van der Waals surface area contributed by atoms with E-state index in [9.17, 15) is 17.2 Å². The van der Waals surface area contributed by atoms with Crippen LogP contribution in [0.15, 0.2) is 18.2 Å². The highest BCUT2D eigenvalue weighted by Crippen LogP contribution is 2.28. The van der Waals surface area contributed by atoms with Gasteiger partial charge in [0.05, 0.1) is 11.9 Å². The van der Waals surface area contributed by atoms with E-state index >= 15 is 0 Å². The molecule has 2 aliphatic rings. The van der Waals surface area contributed by atoms with E-state index in [1.165, 1.54) is 6.07 Å². The summed E-state index contributed by atoms with van der Waals surface area (Å²) in [6.45, 7) is 1.95. The van der Waals surface area contributed by atoms with Gasteiger partial charge in [-0.2, -0.15) is 0 Å². The van der Waals surface area contributed by atoms with Gasteiger partial charge in [0.2, 0.25) is 10.0 Å². The first-order chi connectivity index (χ1) is 11.5. The molecule has 9 heteroatoms. The average Bonchev–Trinajstić information content (AvgIpc) is 2.58. The molecule has 1 aromatic rings. The van der Waals surface area contributed by atoms with Gasteiger partial charge in [0.15, 0.2) is 11.6 Å². The monoisotopic (exact) mass is 396 g/mol. The van der Waals surface area contributed by atoms with Crippen LogP contribution in [0.25, 0.3) is 0 Å². The maximum absolute atomic E-state index is 13.5. The normalized spacial score (nSPS) is 27.5. The smallest absolute Gasteiger partial charge is 0.217 e. The lowest BCUT2D eigenvalue weighted by Gasteiger charge is -2.34. The number of ether oxygens (including phenoxy) is 1. The van der Waals surface area contributed by atoms with Crippen molar-refractivity contribution in [1.29, 1.82) is 0 Å². The molecule has 2 N–H and O–H groups in total. The SMILES string of the molecule is Cl.O=S(=O)(NC1CNCCC1c1ccc(F)c(F)c1)C1CCCOC1. The van der Waals surface area contributed by atoms with E-state index in [2.05, 4.69) is 10.0 Å². The van der Waals surface area contributed by atoms with E-state index in [4.69, 9.17) is 4.74 Å². The Labute approximate surface area is 153 Å². The molecule has 0 aromatic heterocycles. The summed E-state index contributed by atoms with van der Waals surface area (Å²) in [5.41, 5.74) is 0.614. The van der Waals surface area contributed by atoms with Crippen LogP contribution in [0, 0.1) is 11.6 Å². The van der Waals surface area contributed by atoms with Crippen molar-refractivity contribution in [2.75, 3.05) is 26.3 Å². The van der Waals surface area contributed by atoms with Crippen molar-refractivity contribution in [3.05, 3.63) is 35.4 Å². The van der Waals surface area contributed by atoms with E-state index in [-0.39, 0.29) is 24.9 Å². The van der Waals surface area contributed by atoms with E-state index in [0.29, 0.717) is 38.1 Å². The zero-order valence-electron chi connectivity index (χ0n) is 13.7. The second kappa shape index (κ2) is 8.73. The van der Waals surface area contributed by atoms with E-state index in [0.717, 1.165) is 18.6 Å². The Kier molecular flexibility index (Phi) is 7.16. The molecule has 2 saturated heterocycles. The molecule has 0 amide bonds. The van der Waals surface area contributed by atoms with Crippen molar-refractivity contribution in [3.63, 3.8) is 0 Å². The van der Waals surface area contributed by atoms with Crippen LogP contribution in [0.5, 0.6) is 0 Å². The highest BCUT2D eigenvalue weighted by atomic mass is 35.5. The summed E-state index contributed by atoms with van der Waals surface area (Å²) in [6, 6.07) is 3.39. The van der Waals surface area contributed by atoms with Crippen LogP contribution in [0.2, 0.25) is 0 Å². The molecule has 5 nitrogen and oxygen atoms in total. The molecular formula is C16H23ClF2N2O3S. The highest BCUT2D eigenvalue weighted by molar-refractivity contribution is 7.90. The van der Waals surface area contributed by atoms with Crippen LogP contribution in [-0.2, 0) is 14.8 Å². The van der Waals surface area contributed by atoms with Crippen LogP contribution < -0.4 is 10.0 Å². The molecule has 0 radical (unpaired) electrons. The van der Waals surface area contributed by atoms with Gasteiger partial charge in [-0.15, -0.1) is 12.4 Å². The van der Waals surface area contributed by atoms with Gasteiger partial charge in [-0.05, 0) is 43.5 Å². The summed E-state index contributed by atoms with van der Waals surface area (Å²) in [5.74, 6) is -2.00. The van der Waals surface area contributed by atoms with Crippen LogP contribution in [0.4, 0.5) is 8.78 Å². The molecule has 142 valence electrons. The summed E-state index contributed by atoms with van der Waals surface area (Å²) >= 11 is 0. The Bertz CT molecular complexity index is 684. The molecule has 0 bridgehead atoms. The van der Waals surface area contributed by atoms with Gasteiger partial charge in [0, 0.05) is 25.1 Å². The van der Waals surface area contributed by atoms with Crippen molar-refractivity contribution in [2.24, 2.45) is 0 Å². The zero-order valence-corrected chi connectivity index (χ0v) is 15.3. The van der Waals surface area contributed by atoms with Gasteiger partial charge in [-0.1, -0.05) is 6.07 Å². The molecule has 0 spiro atoms. The number of hydrogen-bond acceptors (Lipinski definition) is 4. The minimum Gasteiger partial charge on any atom is -0.380 e. The minimum absolute atomic E-state index is 0. The number of piperidine rings is 1. The van der Waals surface area contributed by atoms with Crippen molar-refractivity contribution in [2.45, 2.75) is 36.5 Å². The lowest BCUT2D eigenvalue weighted by atomic mass is 9.86. The first-order valence-corrected chi connectivity index (χ1v) is 9.76. The topological polar surface area (TPSA) is 67.4 Å². The molecule has 0 saturated carbocycles. The summed E-state index contributed by atoms with van der Waals surface area (Å²) in [4.78, 5) is 0. The second-order valence-electron chi connectivity index (χ2n) is 6.38. The van der Waals surface area contributed by atoms with Crippen LogP contribution in [0.3, 0.4) is 0 Å². The number of hydrogen-bond donors (Lipinski definition) is 2. The van der Waals surface area contributed by atoms with Crippen molar-refractivity contribution in [3.8, 4) is 0 Å². The Morgan fingerprint density at radius 1 is 1.20 bits per heavy atom. The van der Waals surface area contributed by atoms with Crippen molar-refractivity contribution < 1.29 is 21.9 Å². The second-order valence-corrected chi connectivity index (χ2v) is 8.37.